The van der Waals surface area contributed by atoms with Gasteiger partial charge in [0.1, 0.15) is 17.1 Å². The Labute approximate surface area is 135 Å². The summed E-state index contributed by atoms with van der Waals surface area (Å²) < 4.78 is 11.9. The van der Waals surface area contributed by atoms with Gasteiger partial charge in [-0.3, -0.25) is 0 Å². The Morgan fingerprint density at radius 3 is 2.82 bits per heavy atom. The summed E-state index contributed by atoms with van der Waals surface area (Å²) in [6, 6.07) is 6.55. The minimum Gasteiger partial charge on any atom is -0.494 e. The van der Waals surface area contributed by atoms with Crippen molar-refractivity contribution in [1.29, 1.82) is 0 Å². The minimum absolute atomic E-state index is 0.131. The summed E-state index contributed by atoms with van der Waals surface area (Å²) >= 11 is 0. The Bertz CT molecular complexity index is 482. The Balaban J connectivity index is 2.15. The Morgan fingerprint density at radius 2 is 2.14 bits per heavy atom. The molecule has 3 nitrogen and oxygen atoms in total. The summed E-state index contributed by atoms with van der Waals surface area (Å²) in [5.74, 6) is 2.65. The molecule has 0 saturated heterocycles. The molecular weight excluding hydrogens is 274 g/mol. The van der Waals surface area contributed by atoms with Gasteiger partial charge in [-0.15, -0.1) is 0 Å². The highest BCUT2D eigenvalue weighted by Crippen LogP contribution is 2.41. The number of ether oxygens (including phenoxy) is 2. The first kappa shape index (κ1) is 17.1. The van der Waals surface area contributed by atoms with Crippen LogP contribution in [0.4, 0.5) is 0 Å². The fourth-order valence-electron chi connectivity index (χ4n) is 2.87. The molecule has 0 radical (unpaired) electrons. The third-order valence-corrected chi connectivity index (χ3v) is 4.02. The number of rotatable bonds is 7. The maximum absolute atomic E-state index is 6.14. The molecule has 1 atom stereocenters. The molecule has 0 amide bonds. The van der Waals surface area contributed by atoms with Gasteiger partial charge in [-0.1, -0.05) is 20.8 Å². The van der Waals surface area contributed by atoms with E-state index in [4.69, 9.17) is 9.47 Å². The second-order valence-corrected chi connectivity index (χ2v) is 7.30. The van der Waals surface area contributed by atoms with Crippen molar-refractivity contribution in [1.82, 2.24) is 5.32 Å². The van der Waals surface area contributed by atoms with Gasteiger partial charge < -0.3 is 14.8 Å². The van der Waals surface area contributed by atoms with Gasteiger partial charge in [0.15, 0.2) is 0 Å². The third kappa shape index (κ3) is 4.64. The molecule has 3 heteroatoms. The van der Waals surface area contributed by atoms with E-state index in [9.17, 15) is 0 Å². The molecule has 1 unspecified atom stereocenters. The molecule has 0 saturated carbocycles. The molecular formula is C19H31NO2. The Hall–Kier alpha value is -1.22. The van der Waals surface area contributed by atoms with Gasteiger partial charge in [-0.05, 0) is 57.4 Å². The lowest BCUT2D eigenvalue weighted by Crippen LogP contribution is -2.39. The van der Waals surface area contributed by atoms with Gasteiger partial charge in [0.05, 0.1) is 6.61 Å². The molecule has 0 aromatic heterocycles. The summed E-state index contributed by atoms with van der Waals surface area (Å²) in [4.78, 5) is 0. The quantitative estimate of drug-likeness (QED) is 0.791. The van der Waals surface area contributed by atoms with Crippen molar-refractivity contribution in [3.05, 3.63) is 23.8 Å². The van der Waals surface area contributed by atoms with E-state index in [0.717, 1.165) is 43.4 Å². The summed E-state index contributed by atoms with van der Waals surface area (Å²) in [5, 5.41) is 3.71. The molecule has 0 fully saturated rings. The third-order valence-electron chi connectivity index (χ3n) is 4.02. The number of fused-ring (bicyclic) bond motifs is 1. The van der Waals surface area contributed by atoms with E-state index in [1.54, 1.807) is 0 Å². The summed E-state index contributed by atoms with van der Waals surface area (Å²) in [6.07, 6.45) is 3.20. The monoisotopic (exact) mass is 305 g/mol. The van der Waals surface area contributed by atoms with Crippen LogP contribution in [0.15, 0.2) is 18.2 Å². The van der Waals surface area contributed by atoms with Crippen molar-refractivity contribution >= 4 is 0 Å². The first-order valence-corrected chi connectivity index (χ1v) is 8.60. The van der Waals surface area contributed by atoms with Gasteiger partial charge >= 0.3 is 0 Å². The molecule has 1 heterocycles. The summed E-state index contributed by atoms with van der Waals surface area (Å²) in [6.45, 7) is 12.8. The predicted octanol–water partition coefficient (Wildman–Crippen LogP) is 4.71. The highest BCUT2D eigenvalue weighted by Gasteiger charge is 2.33. The lowest BCUT2D eigenvalue weighted by molar-refractivity contribution is 0.0656. The van der Waals surface area contributed by atoms with E-state index in [0.29, 0.717) is 6.04 Å². The standard InChI is InChI=1S/C19H31NO2/c1-6-11-21-15-7-8-18-16(12-15)17(13-19(4,5)22-18)20-10-9-14(2)3/h7-8,12,14,17,20H,6,9-11,13H2,1-5H3. The first-order chi connectivity index (χ1) is 10.4. The van der Waals surface area contributed by atoms with Crippen LogP contribution >= 0.6 is 0 Å². The molecule has 1 N–H and O–H groups in total. The molecule has 124 valence electrons. The van der Waals surface area contributed by atoms with Gasteiger partial charge in [-0.2, -0.15) is 0 Å². The maximum atomic E-state index is 6.14. The molecule has 0 bridgehead atoms. The second kappa shape index (κ2) is 7.36. The van der Waals surface area contributed by atoms with E-state index in [2.05, 4.69) is 52.1 Å². The average Bonchev–Trinajstić information content (AvgIpc) is 2.44. The largest absolute Gasteiger partial charge is 0.494 e. The molecule has 1 aliphatic rings. The van der Waals surface area contributed by atoms with Crippen LogP contribution in [0.3, 0.4) is 0 Å². The van der Waals surface area contributed by atoms with Gasteiger partial charge in [0.2, 0.25) is 0 Å². The van der Waals surface area contributed by atoms with E-state index in [-0.39, 0.29) is 5.60 Å². The first-order valence-electron chi connectivity index (χ1n) is 8.60. The topological polar surface area (TPSA) is 30.5 Å². The van der Waals surface area contributed by atoms with Crippen LogP contribution in [0.2, 0.25) is 0 Å². The molecule has 0 aliphatic carbocycles. The van der Waals surface area contributed by atoms with Crippen LogP contribution in [0, 0.1) is 5.92 Å². The average molecular weight is 305 g/mol. The van der Waals surface area contributed by atoms with Gasteiger partial charge in [0, 0.05) is 18.0 Å². The molecule has 2 rings (SSSR count). The van der Waals surface area contributed by atoms with E-state index < -0.39 is 0 Å². The van der Waals surface area contributed by atoms with Gasteiger partial charge in [-0.25, -0.2) is 0 Å². The number of nitrogens with one attached hydrogen (secondary N) is 1. The zero-order valence-corrected chi connectivity index (χ0v) is 14.7. The van der Waals surface area contributed by atoms with E-state index in [1.807, 2.05) is 6.07 Å². The number of benzene rings is 1. The zero-order chi connectivity index (χ0) is 16.2. The van der Waals surface area contributed by atoms with Crippen molar-refractivity contribution in [2.75, 3.05) is 13.2 Å². The van der Waals surface area contributed by atoms with Crippen LogP contribution in [-0.2, 0) is 0 Å². The van der Waals surface area contributed by atoms with Crippen molar-refractivity contribution < 1.29 is 9.47 Å². The molecule has 1 aromatic rings. The SMILES string of the molecule is CCCOc1ccc2c(c1)C(NCCC(C)C)CC(C)(C)O2. The fraction of sp³-hybridized carbons (Fsp3) is 0.684. The van der Waals surface area contributed by atoms with Crippen LogP contribution < -0.4 is 14.8 Å². The van der Waals surface area contributed by atoms with Crippen molar-refractivity contribution in [3.8, 4) is 11.5 Å². The smallest absolute Gasteiger partial charge is 0.125 e. The Morgan fingerprint density at radius 1 is 1.36 bits per heavy atom. The van der Waals surface area contributed by atoms with E-state index in [1.165, 1.54) is 12.0 Å². The van der Waals surface area contributed by atoms with Gasteiger partial charge in [0.25, 0.3) is 0 Å². The highest BCUT2D eigenvalue weighted by atomic mass is 16.5. The Kier molecular flexibility index (Phi) is 5.74. The van der Waals surface area contributed by atoms with E-state index >= 15 is 0 Å². The fourth-order valence-corrected chi connectivity index (χ4v) is 2.87. The minimum atomic E-state index is -0.131. The van der Waals surface area contributed by atoms with Crippen molar-refractivity contribution in [3.63, 3.8) is 0 Å². The molecule has 1 aromatic carbocycles. The lowest BCUT2D eigenvalue weighted by Gasteiger charge is -2.38. The lowest BCUT2D eigenvalue weighted by atomic mass is 9.89. The molecule has 22 heavy (non-hydrogen) atoms. The maximum Gasteiger partial charge on any atom is 0.125 e. The van der Waals surface area contributed by atoms with Crippen LogP contribution in [-0.4, -0.2) is 18.8 Å². The predicted molar refractivity (Wildman–Crippen MR) is 91.8 cm³/mol. The van der Waals surface area contributed by atoms with Crippen LogP contribution in [0.25, 0.3) is 0 Å². The zero-order valence-electron chi connectivity index (χ0n) is 14.7. The normalized spacial score (nSPS) is 19.6. The second-order valence-electron chi connectivity index (χ2n) is 7.30. The molecule has 0 spiro atoms. The van der Waals surface area contributed by atoms with Crippen molar-refractivity contribution in [2.24, 2.45) is 5.92 Å². The summed E-state index contributed by atoms with van der Waals surface area (Å²) in [5.41, 5.74) is 1.10. The van der Waals surface area contributed by atoms with Crippen LogP contribution in [0.1, 0.15) is 65.5 Å². The van der Waals surface area contributed by atoms with Crippen molar-refractivity contribution in [2.45, 2.75) is 65.5 Å². The number of hydrogen-bond donors (Lipinski definition) is 1. The summed E-state index contributed by atoms with van der Waals surface area (Å²) in [7, 11) is 0. The highest BCUT2D eigenvalue weighted by molar-refractivity contribution is 5.44. The molecule has 1 aliphatic heterocycles. The number of hydrogen-bond acceptors (Lipinski definition) is 3. The van der Waals surface area contributed by atoms with Crippen LogP contribution in [0.5, 0.6) is 11.5 Å².